The maximum atomic E-state index is 12.3. The molecule has 0 aromatic heterocycles. The summed E-state index contributed by atoms with van der Waals surface area (Å²) >= 11 is 0. The maximum Gasteiger partial charge on any atom is 0.215 e. The first-order valence-electron chi connectivity index (χ1n) is 8.42. The second-order valence-electron chi connectivity index (χ2n) is 6.50. The van der Waals surface area contributed by atoms with Crippen LogP contribution in [0, 0.1) is 5.92 Å². The molecule has 1 aromatic rings. The molecule has 0 unspecified atom stereocenters. The van der Waals surface area contributed by atoms with Gasteiger partial charge in [-0.1, -0.05) is 37.3 Å². The lowest BCUT2D eigenvalue weighted by Crippen LogP contribution is -2.50. The third kappa shape index (κ3) is 3.94. The van der Waals surface area contributed by atoms with Crippen LogP contribution < -0.4 is 5.32 Å². The van der Waals surface area contributed by atoms with Gasteiger partial charge in [0, 0.05) is 25.7 Å². The Morgan fingerprint density at radius 2 is 1.91 bits per heavy atom. The minimum Gasteiger partial charge on any atom is -0.379 e. The van der Waals surface area contributed by atoms with Gasteiger partial charge in [0.05, 0.1) is 19.0 Å². The molecule has 1 aliphatic heterocycles. The van der Waals surface area contributed by atoms with Gasteiger partial charge in [0.15, 0.2) is 0 Å². The molecule has 1 aromatic carbocycles. The van der Waals surface area contributed by atoms with Crippen molar-refractivity contribution in [2.75, 3.05) is 38.6 Å². The highest BCUT2D eigenvalue weighted by molar-refractivity contribution is 7.89. The number of ether oxygens (including phenoxy) is 1. The summed E-state index contributed by atoms with van der Waals surface area (Å²) in [7, 11) is -3.16. The number of sulfonamides is 1. The number of benzene rings is 1. The Morgan fingerprint density at radius 3 is 2.57 bits per heavy atom. The summed E-state index contributed by atoms with van der Waals surface area (Å²) < 4.78 is 31.3. The quantitative estimate of drug-likeness (QED) is 0.852. The fraction of sp³-hybridized carbons (Fsp3) is 0.647. The van der Waals surface area contributed by atoms with Crippen LogP contribution in [0.3, 0.4) is 0 Å². The lowest BCUT2D eigenvalue weighted by Gasteiger charge is -2.44. The van der Waals surface area contributed by atoms with Gasteiger partial charge >= 0.3 is 0 Å². The maximum absolute atomic E-state index is 12.3. The van der Waals surface area contributed by atoms with E-state index in [4.69, 9.17) is 4.74 Å². The Kier molecular flexibility index (Phi) is 5.36. The zero-order valence-corrected chi connectivity index (χ0v) is 14.5. The Balaban J connectivity index is 1.43. The fourth-order valence-electron chi connectivity index (χ4n) is 3.52. The highest BCUT2D eigenvalue weighted by Crippen LogP contribution is 2.42. The third-order valence-electron chi connectivity index (χ3n) is 5.13. The number of hydrogen-bond acceptors (Lipinski definition) is 4. The van der Waals surface area contributed by atoms with Crippen LogP contribution in [0.15, 0.2) is 30.3 Å². The molecule has 23 heavy (non-hydrogen) atoms. The molecular formula is C17H26N2O3S. The van der Waals surface area contributed by atoms with Crippen LogP contribution in [0.2, 0.25) is 0 Å². The summed E-state index contributed by atoms with van der Waals surface area (Å²) in [4.78, 5) is 0. The van der Waals surface area contributed by atoms with Crippen molar-refractivity contribution in [3.05, 3.63) is 35.9 Å². The van der Waals surface area contributed by atoms with Crippen molar-refractivity contribution >= 4 is 10.0 Å². The van der Waals surface area contributed by atoms with E-state index >= 15 is 0 Å². The van der Waals surface area contributed by atoms with Crippen molar-refractivity contribution in [2.24, 2.45) is 5.92 Å². The number of nitrogens with zero attached hydrogens (tertiary/aromatic N) is 1. The zero-order valence-electron chi connectivity index (χ0n) is 13.6. The smallest absolute Gasteiger partial charge is 0.215 e. The molecular weight excluding hydrogens is 312 g/mol. The van der Waals surface area contributed by atoms with E-state index in [2.05, 4.69) is 36.5 Å². The van der Waals surface area contributed by atoms with Crippen LogP contribution in [0.1, 0.15) is 24.8 Å². The van der Waals surface area contributed by atoms with Gasteiger partial charge in [-0.25, -0.2) is 8.42 Å². The Bertz CT molecular complexity index is 600. The van der Waals surface area contributed by atoms with Crippen LogP contribution in [0.4, 0.5) is 0 Å². The van der Waals surface area contributed by atoms with Gasteiger partial charge in [0.25, 0.3) is 0 Å². The SMILES string of the molecule is C[C@@H]1[C@@H](NCCS(=O)(=O)N2CCOCC2)C[C@H]1c1ccccc1. The van der Waals surface area contributed by atoms with E-state index in [0.29, 0.717) is 50.7 Å². The van der Waals surface area contributed by atoms with Gasteiger partial charge in [0.1, 0.15) is 0 Å². The molecule has 0 spiro atoms. The summed E-state index contributed by atoms with van der Waals surface area (Å²) in [5.74, 6) is 1.31. The monoisotopic (exact) mass is 338 g/mol. The van der Waals surface area contributed by atoms with Crippen LogP contribution in [-0.2, 0) is 14.8 Å². The molecule has 1 saturated heterocycles. The molecule has 128 valence electrons. The summed E-state index contributed by atoms with van der Waals surface area (Å²) in [6.07, 6.45) is 1.09. The largest absolute Gasteiger partial charge is 0.379 e. The molecule has 0 amide bonds. The Morgan fingerprint density at radius 1 is 1.22 bits per heavy atom. The minimum absolute atomic E-state index is 0.173. The normalized spacial score (nSPS) is 29.2. The van der Waals surface area contributed by atoms with Gasteiger partial charge in [-0.2, -0.15) is 4.31 Å². The summed E-state index contributed by atoms with van der Waals surface area (Å²) in [5.41, 5.74) is 1.39. The molecule has 5 nitrogen and oxygen atoms in total. The molecule has 2 fully saturated rings. The van der Waals surface area contributed by atoms with Crippen LogP contribution >= 0.6 is 0 Å². The average Bonchev–Trinajstić information content (AvgIpc) is 2.58. The number of morpholine rings is 1. The summed E-state index contributed by atoms with van der Waals surface area (Å²) in [6.45, 7) is 4.75. The first-order chi connectivity index (χ1) is 11.1. The molecule has 2 aliphatic rings. The first kappa shape index (κ1) is 16.9. The lowest BCUT2D eigenvalue weighted by molar-refractivity contribution is 0.0730. The van der Waals surface area contributed by atoms with Gasteiger partial charge in [-0.3, -0.25) is 0 Å². The second-order valence-corrected chi connectivity index (χ2v) is 8.59. The van der Waals surface area contributed by atoms with Crippen molar-refractivity contribution in [1.82, 2.24) is 9.62 Å². The molecule has 1 N–H and O–H groups in total. The molecule has 0 bridgehead atoms. The van der Waals surface area contributed by atoms with E-state index in [1.807, 2.05) is 6.07 Å². The highest BCUT2D eigenvalue weighted by atomic mass is 32.2. The van der Waals surface area contributed by atoms with Crippen molar-refractivity contribution < 1.29 is 13.2 Å². The topological polar surface area (TPSA) is 58.6 Å². The van der Waals surface area contributed by atoms with Crippen LogP contribution in [-0.4, -0.2) is 57.4 Å². The molecule has 3 atom stereocenters. The van der Waals surface area contributed by atoms with Crippen molar-refractivity contribution in [1.29, 1.82) is 0 Å². The van der Waals surface area contributed by atoms with Gasteiger partial charge in [0.2, 0.25) is 10.0 Å². The fourth-order valence-corrected chi connectivity index (χ4v) is 4.86. The molecule has 1 aliphatic carbocycles. The van der Waals surface area contributed by atoms with Gasteiger partial charge in [-0.15, -0.1) is 0 Å². The van der Waals surface area contributed by atoms with Crippen molar-refractivity contribution in [2.45, 2.75) is 25.3 Å². The Hall–Kier alpha value is -0.950. The summed E-state index contributed by atoms with van der Waals surface area (Å²) in [6, 6.07) is 11.0. The van der Waals surface area contributed by atoms with Crippen molar-refractivity contribution in [3.63, 3.8) is 0 Å². The minimum atomic E-state index is -3.16. The molecule has 6 heteroatoms. The third-order valence-corrected chi connectivity index (χ3v) is 7.01. The second kappa shape index (κ2) is 7.30. The van der Waals surface area contributed by atoms with E-state index in [0.717, 1.165) is 6.42 Å². The van der Waals surface area contributed by atoms with Gasteiger partial charge < -0.3 is 10.1 Å². The standard InChI is InChI=1S/C17H26N2O3S/c1-14-16(15-5-3-2-4-6-15)13-17(14)18-7-12-23(20,21)19-8-10-22-11-9-19/h2-6,14,16-18H,7-13H2,1H3/t14-,16+,17-/m0/s1. The highest BCUT2D eigenvalue weighted by Gasteiger charge is 2.38. The summed E-state index contributed by atoms with van der Waals surface area (Å²) in [5, 5.41) is 3.43. The average molecular weight is 338 g/mol. The van der Waals surface area contributed by atoms with E-state index in [-0.39, 0.29) is 5.75 Å². The molecule has 1 saturated carbocycles. The van der Waals surface area contributed by atoms with E-state index < -0.39 is 10.0 Å². The predicted molar refractivity (Wildman–Crippen MR) is 90.9 cm³/mol. The van der Waals surface area contributed by atoms with Crippen LogP contribution in [0.5, 0.6) is 0 Å². The van der Waals surface area contributed by atoms with Gasteiger partial charge in [-0.05, 0) is 23.8 Å². The predicted octanol–water partition coefficient (Wildman–Crippen LogP) is 1.43. The van der Waals surface area contributed by atoms with E-state index in [1.54, 1.807) is 4.31 Å². The van der Waals surface area contributed by atoms with Crippen LogP contribution in [0.25, 0.3) is 0 Å². The molecule has 3 rings (SSSR count). The van der Waals surface area contributed by atoms with E-state index in [9.17, 15) is 8.42 Å². The first-order valence-corrected chi connectivity index (χ1v) is 10.0. The number of nitrogens with one attached hydrogen (secondary N) is 1. The lowest BCUT2D eigenvalue weighted by atomic mass is 9.67. The molecule has 1 heterocycles. The number of rotatable bonds is 6. The Labute approximate surface area is 139 Å². The number of hydrogen-bond donors (Lipinski definition) is 1. The van der Waals surface area contributed by atoms with Crippen molar-refractivity contribution in [3.8, 4) is 0 Å². The zero-order chi connectivity index (χ0) is 16.3. The molecule has 0 radical (unpaired) electrons. The van der Waals surface area contributed by atoms with E-state index in [1.165, 1.54) is 5.56 Å².